The summed E-state index contributed by atoms with van der Waals surface area (Å²) in [6.45, 7) is 4.98. The van der Waals surface area contributed by atoms with E-state index in [4.69, 9.17) is 9.15 Å². The lowest BCUT2D eigenvalue weighted by Crippen LogP contribution is -3.00. The number of hydrogen-bond acceptors (Lipinski definition) is 2. The number of methoxy groups -OCH3 is 1. The Morgan fingerprint density at radius 2 is 2.13 bits per heavy atom. The number of ether oxygens (including phenoxy) is 1. The molecule has 1 aromatic carbocycles. The molecule has 0 aliphatic heterocycles. The van der Waals surface area contributed by atoms with Crippen LogP contribution in [-0.2, 0) is 6.54 Å². The SMILES string of the molecule is CC[n+]1c(C)oc2ccc(OC)cc21.[I-]. The molecule has 4 heteroatoms. The van der Waals surface area contributed by atoms with Crippen molar-refractivity contribution < 1.29 is 37.7 Å². The number of oxazole rings is 1. The summed E-state index contributed by atoms with van der Waals surface area (Å²) in [5, 5.41) is 0. The van der Waals surface area contributed by atoms with Crippen molar-refractivity contribution in [1.29, 1.82) is 0 Å². The summed E-state index contributed by atoms with van der Waals surface area (Å²) in [7, 11) is 1.67. The summed E-state index contributed by atoms with van der Waals surface area (Å²) in [6.07, 6.45) is 0. The van der Waals surface area contributed by atoms with Crippen LogP contribution >= 0.6 is 0 Å². The maximum atomic E-state index is 5.60. The van der Waals surface area contributed by atoms with Crippen LogP contribution in [0.4, 0.5) is 0 Å². The summed E-state index contributed by atoms with van der Waals surface area (Å²) in [4.78, 5) is 0. The summed E-state index contributed by atoms with van der Waals surface area (Å²) in [5.74, 6) is 1.79. The molecule has 1 aromatic heterocycles. The van der Waals surface area contributed by atoms with Gasteiger partial charge in [0, 0.05) is 0 Å². The number of rotatable bonds is 2. The molecule has 0 atom stereocenters. The quantitative estimate of drug-likeness (QED) is 0.528. The molecule has 0 saturated heterocycles. The van der Waals surface area contributed by atoms with Gasteiger partial charge in [-0.25, -0.2) is 0 Å². The molecule has 0 saturated carbocycles. The van der Waals surface area contributed by atoms with Gasteiger partial charge in [0.1, 0.15) is 12.3 Å². The topological polar surface area (TPSA) is 26.2 Å². The van der Waals surface area contributed by atoms with E-state index in [1.54, 1.807) is 7.11 Å². The first-order valence-corrected chi connectivity index (χ1v) is 4.73. The van der Waals surface area contributed by atoms with Gasteiger partial charge in [-0.3, -0.25) is 0 Å². The molecule has 0 N–H and O–H groups in total. The third kappa shape index (κ3) is 2.09. The summed E-state index contributed by atoms with van der Waals surface area (Å²) in [6, 6.07) is 5.84. The van der Waals surface area contributed by atoms with E-state index in [0.717, 1.165) is 29.3 Å². The molecule has 0 fully saturated rings. The van der Waals surface area contributed by atoms with Gasteiger partial charge >= 0.3 is 5.89 Å². The molecule has 0 unspecified atom stereocenters. The number of hydrogen-bond donors (Lipinski definition) is 0. The molecule has 0 aliphatic rings. The summed E-state index contributed by atoms with van der Waals surface area (Å²) >= 11 is 0. The van der Waals surface area contributed by atoms with E-state index in [9.17, 15) is 0 Å². The van der Waals surface area contributed by atoms with E-state index in [1.165, 1.54) is 0 Å². The van der Waals surface area contributed by atoms with Crippen LogP contribution < -0.4 is 33.3 Å². The molecule has 82 valence electrons. The van der Waals surface area contributed by atoms with Gasteiger partial charge in [0.2, 0.25) is 5.58 Å². The molecule has 15 heavy (non-hydrogen) atoms. The fourth-order valence-corrected chi connectivity index (χ4v) is 1.70. The van der Waals surface area contributed by atoms with Crippen molar-refractivity contribution in [3.8, 4) is 5.75 Å². The lowest BCUT2D eigenvalue weighted by Gasteiger charge is -1.95. The maximum absolute atomic E-state index is 5.60. The molecule has 0 amide bonds. The summed E-state index contributed by atoms with van der Waals surface area (Å²) < 4.78 is 12.9. The van der Waals surface area contributed by atoms with Crippen molar-refractivity contribution >= 4 is 11.1 Å². The molecular formula is C11H14INO2. The van der Waals surface area contributed by atoms with E-state index in [-0.39, 0.29) is 24.0 Å². The van der Waals surface area contributed by atoms with Gasteiger partial charge in [0.15, 0.2) is 0 Å². The minimum Gasteiger partial charge on any atom is -1.00 e. The highest BCUT2D eigenvalue weighted by molar-refractivity contribution is 5.70. The molecule has 0 radical (unpaired) electrons. The molecular weight excluding hydrogens is 305 g/mol. The molecule has 3 nitrogen and oxygen atoms in total. The Kier molecular flexibility index (Phi) is 3.96. The maximum Gasteiger partial charge on any atom is 0.344 e. The van der Waals surface area contributed by atoms with Crippen LogP contribution in [0.15, 0.2) is 22.6 Å². The first-order chi connectivity index (χ1) is 6.76. The van der Waals surface area contributed by atoms with Crippen LogP contribution in [0.1, 0.15) is 12.8 Å². The zero-order valence-corrected chi connectivity index (χ0v) is 11.2. The number of halogens is 1. The van der Waals surface area contributed by atoms with Gasteiger partial charge in [-0.2, -0.15) is 4.57 Å². The second-order valence-electron chi connectivity index (χ2n) is 3.20. The average molecular weight is 319 g/mol. The van der Waals surface area contributed by atoms with E-state index < -0.39 is 0 Å². The van der Waals surface area contributed by atoms with E-state index in [1.807, 2.05) is 25.1 Å². The molecule has 2 rings (SSSR count). The number of aryl methyl sites for hydroxylation is 2. The lowest BCUT2D eigenvalue weighted by molar-refractivity contribution is -0.679. The van der Waals surface area contributed by atoms with Crippen LogP contribution in [0.25, 0.3) is 11.1 Å². The third-order valence-electron chi connectivity index (χ3n) is 2.41. The first-order valence-electron chi connectivity index (χ1n) is 4.73. The molecule has 0 spiro atoms. The van der Waals surface area contributed by atoms with Crippen molar-refractivity contribution in [3.63, 3.8) is 0 Å². The van der Waals surface area contributed by atoms with Gasteiger partial charge in [0.05, 0.1) is 20.1 Å². The van der Waals surface area contributed by atoms with Gasteiger partial charge < -0.3 is 33.1 Å². The fraction of sp³-hybridized carbons (Fsp3) is 0.364. The van der Waals surface area contributed by atoms with Crippen molar-refractivity contribution in [3.05, 3.63) is 24.1 Å². The van der Waals surface area contributed by atoms with Crippen LogP contribution in [-0.4, -0.2) is 7.11 Å². The third-order valence-corrected chi connectivity index (χ3v) is 2.41. The standard InChI is InChI=1S/C11H14NO2.HI/c1-4-12-8(2)14-11-6-5-9(13-3)7-10(11)12;/h5-7H,4H2,1-3H3;1H/q+1;/p-1. The van der Waals surface area contributed by atoms with Gasteiger partial charge in [0.25, 0.3) is 5.52 Å². The highest BCUT2D eigenvalue weighted by atomic mass is 127. The minimum atomic E-state index is 0. The Morgan fingerprint density at radius 1 is 1.40 bits per heavy atom. The minimum absolute atomic E-state index is 0. The highest BCUT2D eigenvalue weighted by Crippen LogP contribution is 2.19. The van der Waals surface area contributed by atoms with E-state index >= 15 is 0 Å². The van der Waals surface area contributed by atoms with Crippen LogP contribution in [0.2, 0.25) is 0 Å². The first kappa shape index (κ1) is 12.3. The predicted molar refractivity (Wildman–Crippen MR) is 53.4 cm³/mol. The Balaban J connectivity index is 0.00000112. The molecule has 2 aromatic rings. The Morgan fingerprint density at radius 3 is 2.73 bits per heavy atom. The van der Waals surface area contributed by atoms with E-state index in [0.29, 0.717) is 0 Å². The highest BCUT2D eigenvalue weighted by Gasteiger charge is 2.17. The number of aromatic nitrogens is 1. The monoisotopic (exact) mass is 319 g/mol. The predicted octanol–water partition coefficient (Wildman–Crippen LogP) is -0.939. The van der Waals surface area contributed by atoms with Gasteiger partial charge in [-0.1, -0.05) is 0 Å². The van der Waals surface area contributed by atoms with Crippen LogP contribution in [0.5, 0.6) is 5.75 Å². The molecule has 0 aliphatic carbocycles. The van der Waals surface area contributed by atoms with Crippen LogP contribution in [0.3, 0.4) is 0 Å². The van der Waals surface area contributed by atoms with Crippen molar-refractivity contribution in [2.45, 2.75) is 20.4 Å². The Bertz CT molecular complexity index is 465. The fourth-order valence-electron chi connectivity index (χ4n) is 1.70. The second kappa shape index (κ2) is 4.83. The number of benzene rings is 1. The van der Waals surface area contributed by atoms with Gasteiger partial charge in [-0.15, -0.1) is 0 Å². The smallest absolute Gasteiger partial charge is 0.344 e. The Labute approximate surface area is 106 Å². The average Bonchev–Trinajstić information content (AvgIpc) is 2.52. The lowest BCUT2D eigenvalue weighted by atomic mass is 10.3. The van der Waals surface area contributed by atoms with Crippen molar-refractivity contribution in [2.24, 2.45) is 0 Å². The Hall–Kier alpha value is -0.780. The second-order valence-corrected chi connectivity index (χ2v) is 3.20. The zero-order chi connectivity index (χ0) is 10.1. The molecule has 1 heterocycles. The zero-order valence-electron chi connectivity index (χ0n) is 9.08. The summed E-state index contributed by atoms with van der Waals surface area (Å²) in [5.41, 5.74) is 1.99. The number of nitrogens with zero attached hydrogens (tertiary/aromatic N) is 1. The largest absolute Gasteiger partial charge is 1.00 e. The van der Waals surface area contributed by atoms with Gasteiger partial charge in [-0.05, 0) is 19.1 Å². The normalized spacial score (nSPS) is 10.1. The van der Waals surface area contributed by atoms with Crippen LogP contribution in [0, 0.1) is 6.92 Å². The van der Waals surface area contributed by atoms with Crippen molar-refractivity contribution in [2.75, 3.05) is 7.11 Å². The number of fused-ring (bicyclic) bond motifs is 1. The molecule has 0 bridgehead atoms. The van der Waals surface area contributed by atoms with E-state index in [2.05, 4.69) is 11.5 Å². The van der Waals surface area contributed by atoms with Crippen molar-refractivity contribution in [1.82, 2.24) is 0 Å².